The van der Waals surface area contributed by atoms with Crippen LogP contribution in [0.3, 0.4) is 0 Å². The Morgan fingerprint density at radius 1 is 1.35 bits per heavy atom. The van der Waals surface area contributed by atoms with E-state index >= 15 is 0 Å². The third kappa shape index (κ3) is 2.15. The van der Waals surface area contributed by atoms with Crippen molar-refractivity contribution in [2.24, 2.45) is 0 Å². The molecular formula is C12H16N2O2S. The van der Waals surface area contributed by atoms with Gasteiger partial charge in [-0.15, -0.1) is 0 Å². The van der Waals surface area contributed by atoms with Crippen molar-refractivity contribution in [3.05, 3.63) is 30.0 Å². The van der Waals surface area contributed by atoms with Gasteiger partial charge in [0.2, 0.25) is 0 Å². The molecule has 0 saturated carbocycles. The van der Waals surface area contributed by atoms with Crippen molar-refractivity contribution in [2.75, 3.05) is 5.73 Å². The number of nitrogen functional groups attached to an aromatic ring is 1. The highest BCUT2D eigenvalue weighted by Gasteiger charge is 2.19. The van der Waals surface area contributed by atoms with Gasteiger partial charge in [-0.05, 0) is 25.5 Å². The van der Waals surface area contributed by atoms with Crippen LogP contribution in [0.5, 0.6) is 0 Å². The summed E-state index contributed by atoms with van der Waals surface area (Å²) in [6.45, 7) is 3.39. The third-order valence-corrected chi connectivity index (χ3v) is 5.06. The van der Waals surface area contributed by atoms with Crippen molar-refractivity contribution in [1.29, 1.82) is 0 Å². The van der Waals surface area contributed by atoms with E-state index in [2.05, 4.69) is 4.98 Å². The average molecular weight is 252 g/mol. The topological polar surface area (TPSA) is 76.0 Å². The number of anilines is 1. The number of aromatic nitrogens is 1. The summed E-state index contributed by atoms with van der Waals surface area (Å²) in [5.74, 6) is 0.0497. The number of hydrogen-bond acceptors (Lipinski definition) is 3. The van der Waals surface area contributed by atoms with Crippen LogP contribution < -0.4 is 5.73 Å². The van der Waals surface area contributed by atoms with E-state index in [1.165, 1.54) is 0 Å². The minimum Gasteiger partial charge on any atom is -0.397 e. The van der Waals surface area contributed by atoms with Gasteiger partial charge in [0.15, 0.2) is 9.84 Å². The van der Waals surface area contributed by atoms with Crippen LogP contribution in [0.2, 0.25) is 0 Å². The Bertz CT molecular complexity index is 642. The molecule has 92 valence electrons. The zero-order valence-electron chi connectivity index (χ0n) is 9.90. The number of para-hydroxylation sites is 1. The lowest BCUT2D eigenvalue weighted by Crippen LogP contribution is -2.15. The molecule has 1 aromatic heterocycles. The standard InChI is InChI=1S/C12H16N2O2S/c1-8(2)17(15,16)7-9-6-14-12-10(9)4-3-5-11(12)13/h3-6,8,14H,7,13H2,1-2H3. The number of H-pyrrole nitrogens is 1. The Morgan fingerprint density at radius 3 is 2.71 bits per heavy atom. The molecule has 0 amide bonds. The predicted molar refractivity (Wildman–Crippen MR) is 70.5 cm³/mol. The van der Waals surface area contributed by atoms with E-state index in [0.29, 0.717) is 5.69 Å². The van der Waals surface area contributed by atoms with Crippen LogP contribution in [0.15, 0.2) is 24.4 Å². The molecule has 5 heteroatoms. The van der Waals surface area contributed by atoms with E-state index in [4.69, 9.17) is 5.73 Å². The summed E-state index contributed by atoms with van der Waals surface area (Å²) in [7, 11) is -3.09. The molecule has 3 N–H and O–H groups in total. The molecule has 0 aliphatic carbocycles. The van der Waals surface area contributed by atoms with Gasteiger partial charge >= 0.3 is 0 Å². The van der Waals surface area contributed by atoms with Crippen LogP contribution in [0.1, 0.15) is 19.4 Å². The Hall–Kier alpha value is -1.49. The monoisotopic (exact) mass is 252 g/mol. The second kappa shape index (κ2) is 4.07. The van der Waals surface area contributed by atoms with E-state index in [-0.39, 0.29) is 11.0 Å². The van der Waals surface area contributed by atoms with Gasteiger partial charge in [-0.25, -0.2) is 8.42 Å². The quantitative estimate of drug-likeness (QED) is 0.821. The second-order valence-corrected chi connectivity index (χ2v) is 7.00. The first kappa shape index (κ1) is 12.0. The van der Waals surface area contributed by atoms with Crippen LogP contribution in [0.4, 0.5) is 5.69 Å². The van der Waals surface area contributed by atoms with Crippen molar-refractivity contribution in [3.63, 3.8) is 0 Å². The maximum Gasteiger partial charge on any atom is 0.156 e. The van der Waals surface area contributed by atoms with Gasteiger partial charge in [-0.1, -0.05) is 12.1 Å². The van der Waals surface area contributed by atoms with E-state index in [0.717, 1.165) is 16.5 Å². The summed E-state index contributed by atoms with van der Waals surface area (Å²) in [6.07, 6.45) is 1.72. The molecule has 17 heavy (non-hydrogen) atoms. The first-order valence-corrected chi connectivity index (χ1v) is 7.19. The van der Waals surface area contributed by atoms with Gasteiger partial charge in [0.25, 0.3) is 0 Å². The van der Waals surface area contributed by atoms with E-state index in [9.17, 15) is 8.42 Å². The van der Waals surface area contributed by atoms with Gasteiger partial charge in [0, 0.05) is 11.6 Å². The molecular weight excluding hydrogens is 236 g/mol. The number of nitrogens with two attached hydrogens (primary N) is 1. The fourth-order valence-corrected chi connectivity index (χ4v) is 2.74. The number of benzene rings is 1. The molecule has 1 aromatic carbocycles. The Kier molecular flexibility index (Phi) is 2.87. The summed E-state index contributed by atoms with van der Waals surface area (Å²) in [6, 6.07) is 5.50. The van der Waals surface area contributed by atoms with Gasteiger partial charge in [0.1, 0.15) is 0 Å². The van der Waals surface area contributed by atoms with Crippen molar-refractivity contribution in [1.82, 2.24) is 4.98 Å². The minimum atomic E-state index is -3.09. The Balaban J connectivity index is 2.48. The summed E-state index contributed by atoms with van der Waals surface area (Å²) in [5, 5.41) is 0.516. The number of rotatable bonds is 3. The van der Waals surface area contributed by atoms with Gasteiger partial charge in [-0.3, -0.25) is 0 Å². The molecule has 0 aliphatic heterocycles. The number of aromatic amines is 1. The summed E-state index contributed by atoms with van der Waals surface area (Å²) >= 11 is 0. The first-order valence-electron chi connectivity index (χ1n) is 5.48. The van der Waals surface area contributed by atoms with Crippen molar-refractivity contribution >= 4 is 26.4 Å². The zero-order valence-corrected chi connectivity index (χ0v) is 10.7. The van der Waals surface area contributed by atoms with E-state index < -0.39 is 9.84 Å². The highest BCUT2D eigenvalue weighted by atomic mass is 32.2. The fraction of sp³-hybridized carbons (Fsp3) is 0.333. The van der Waals surface area contributed by atoms with Gasteiger partial charge < -0.3 is 10.7 Å². The molecule has 1 heterocycles. The minimum absolute atomic E-state index is 0.0497. The molecule has 0 bridgehead atoms. The first-order chi connectivity index (χ1) is 7.92. The molecule has 0 spiro atoms. The van der Waals surface area contributed by atoms with Crippen molar-refractivity contribution in [3.8, 4) is 0 Å². The lowest BCUT2D eigenvalue weighted by Gasteiger charge is -2.06. The smallest absolute Gasteiger partial charge is 0.156 e. The highest BCUT2D eigenvalue weighted by molar-refractivity contribution is 7.91. The largest absolute Gasteiger partial charge is 0.397 e. The number of sulfone groups is 1. The van der Waals surface area contributed by atoms with Crippen LogP contribution >= 0.6 is 0 Å². The molecule has 4 nitrogen and oxygen atoms in total. The average Bonchev–Trinajstić information content (AvgIpc) is 2.62. The van der Waals surface area contributed by atoms with Crippen molar-refractivity contribution < 1.29 is 8.42 Å². The highest BCUT2D eigenvalue weighted by Crippen LogP contribution is 2.25. The van der Waals surface area contributed by atoms with E-state index in [1.54, 1.807) is 26.1 Å². The number of nitrogens with one attached hydrogen (secondary N) is 1. The summed E-state index contributed by atoms with van der Waals surface area (Å²) < 4.78 is 23.8. The maximum absolute atomic E-state index is 11.9. The van der Waals surface area contributed by atoms with Crippen LogP contribution in [0, 0.1) is 0 Å². The van der Waals surface area contributed by atoms with Crippen LogP contribution in [-0.4, -0.2) is 18.7 Å². The number of hydrogen-bond donors (Lipinski definition) is 2. The second-order valence-electron chi connectivity index (χ2n) is 4.44. The molecule has 0 unspecified atom stereocenters. The van der Waals surface area contributed by atoms with Crippen molar-refractivity contribution in [2.45, 2.75) is 24.9 Å². The lowest BCUT2D eigenvalue weighted by atomic mass is 10.2. The Labute approximate surface area is 101 Å². The third-order valence-electron chi connectivity index (χ3n) is 2.91. The lowest BCUT2D eigenvalue weighted by molar-refractivity contribution is 0.586. The summed E-state index contributed by atoms with van der Waals surface area (Å²) in [4.78, 5) is 3.03. The normalized spacial score (nSPS) is 12.4. The zero-order chi connectivity index (χ0) is 12.6. The van der Waals surface area contributed by atoms with Gasteiger partial charge in [0.05, 0.1) is 22.2 Å². The molecule has 2 rings (SSSR count). The van der Waals surface area contributed by atoms with Gasteiger partial charge in [-0.2, -0.15) is 0 Å². The number of fused-ring (bicyclic) bond motifs is 1. The molecule has 0 atom stereocenters. The summed E-state index contributed by atoms with van der Waals surface area (Å²) in [5.41, 5.74) is 8.03. The van der Waals surface area contributed by atoms with Crippen LogP contribution in [0.25, 0.3) is 10.9 Å². The van der Waals surface area contributed by atoms with E-state index in [1.807, 2.05) is 12.1 Å². The maximum atomic E-state index is 11.9. The fourth-order valence-electron chi connectivity index (χ4n) is 1.74. The Morgan fingerprint density at radius 2 is 2.06 bits per heavy atom. The molecule has 0 saturated heterocycles. The predicted octanol–water partition coefficient (Wildman–Crippen LogP) is 2.07. The molecule has 0 radical (unpaired) electrons. The molecule has 0 fully saturated rings. The molecule has 2 aromatic rings. The molecule has 0 aliphatic rings. The van der Waals surface area contributed by atoms with Crippen LogP contribution in [-0.2, 0) is 15.6 Å². The SMILES string of the molecule is CC(C)S(=O)(=O)Cc1c[nH]c2c(N)cccc12.